The molecular weight excluding hydrogens is 285 g/mol. The smallest absolute Gasteiger partial charge is 0.398 e. The molecule has 0 bridgehead atoms. The molecule has 0 aliphatic carbocycles. The van der Waals surface area contributed by atoms with Crippen LogP contribution in [0.2, 0.25) is 0 Å². The SMILES string of the molecule is CCC(Cc1cccc(F)c1)=C(F)B1OC(C)(C)C(C)(C)O1. The number of rotatable bonds is 4. The van der Waals surface area contributed by atoms with Crippen molar-refractivity contribution >= 4 is 7.12 Å². The summed E-state index contributed by atoms with van der Waals surface area (Å²) in [6, 6.07) is 6.22. The van der Waals surface area contributed by atoms with E-state index < -0.39 is 24.0 Å². The second kappa shape index (κ2) is 6.13. The summed E-state index contributed by atoms with van der Waals surface area (Å²) in [6.07, 6.45) is 0.872. The third-order valence-corrected chi connectivity index (χ3v) is 4.53. The molecule has 1 aliphatic rings. The van der Waals surface area contributed by atoms with E-state index >= 15 is 0 Å². The highest BCUT2D eigenvalue weighted by Gasteiger charge is 2.53. The second-order valence-electron chi connectivity index (χ2n) is 6.70. The van der Waals surface area contributed by atoms with Crippen LogP contribution in [0.15, 0.2) is 35.6 Å². The second-order valence-corrected chi connectivity index (χ2v) is 6.70. The van der Waals surface area contributed by atoms with Gasteiger partial charge in [0.1, 0.15) is 11.5 Å². The van der Waals surface area contributed by atoms with Gasteiger partial charge >= 0.3 is 7.12 Å². The predicted octanol–water partition coefficient (Wildman–Crippen LogP) is 4.63. The molecule has 0 radical (unpaired) electrons. The van der Waals surface area contributed by atoms with E-state index in [4.69, 9.17) is 9.31 Å². The van der Waals surface area contributed by atoms with Crippen molar-refractivity contribution < 1.29 is 18.1 Å². The van der Waals surface area contributed by atoms with Gasteiger partial charge < -0.3 is 9.31 Å². The molecule has 0 saturated carbocycles. The Bertz CT molecular complexity index is 566. The van der Waals surface area contributed by atoms with Gasteiger partial charge in [-0.1, -0.05) is 19.1 Å². The number of allylic oxidation sites excluding steroid dienone is 1. The molecule has 1 aliphatic heterocycles. The summed E-state index contributed by atoms with van der Waals surface area (Å²) in [6.45, 7) is 9.42. The Hall–Kier alpha value is -1.20. The Labute approximate surface area is 131 Å². The normalized spacial score (nSPS) is 21.0. The van der Waals surface area contributed by atoms with Gasteiger partial charge in [0.25, 0.3) is 0 Å². The minimum Gasteiger partial charge on any atom is -0.398 e. The van der Waals surface area contributed by atoms with Crippen molar-refractivity contribution in [2.75, 3.05) is 0 Å². The lowest BCUT2D eigenvalue weighted by Crippen LogP contribution is -2.41. The first-order valence-corrected chi connectivity index (χ1v) is 7.64. The fourth-order valence-corrected chi connectivity index (χ4v) is 2.38. The lowest BCUT2D eigenvalue weighted by molar-refractivity contribution is 0.00578. The summed E-state index contributed by atoms with van der Waals surface area (Å²) >= 11 is 0. The van der Waals surface area contributed by atoms with E-state index in [2.05, 4.69) is 0 Å². The van der Waals surface area contributed by atoms with Crippen LogP contribution >= 0.6 is 0 Å². The first kappa shape index (κ1) is 17.2. The predicted molar refractivity (Wildman–Crippen MR) is 84.6 cm³/mol. The highest BCUT2D eigenvalue weighted by Crippen LogP contribution is 2.39. The molecule has 1 fully saturated rings. The maximum atomic E-state index is 14.8. The van der Waals surface area contributed by atoms with E-state index in [0.717, 1.165) is 5.56 Å². The van der Waals surface area contributed by atoms with Crippen LogP contribution in [-0.2, 0) is 15.7 Å². The fraction of sp³-hybridized carbons (Fsp3) is 0.529. The molecule has 1 heterocycles. The van der Waals surface area contributed by atoms with Crippen molar-refractivity contribution in [1.29, 1.82) is 0 Å². The third-order valence-electron chi connectivity index (χ3n) is 4.53. The summed E-state index contributed by atoms with van der Waals surface area (Å²) in [5, 5.41) is 0. The van der Waals surface area contributed by atoms with Gasteiger partial charge in [0, 0.05) is 0 Å². The number of hydrogen-bond acceptors (Lipinski definition) is 2. The van der Waals surface area contributed by atoms with E-state index in [1.165, 1.54) is 12.1 Å². The minimum absolute atomic E-state index is 0.316. The van der Waals surface area contributed by atoms with E-state index in [1.807, 2.05) is 34.6 Å². The van der Waals surface area contributed by atoms with Gasteiger partial charge in [0.2, 0.25) is 0 Å². The van der Waals surface area contributed by atoms with Gasteiger partial charge in [0.15, 0.2) is 0 Å². The molecule has 0 spiro atoms. The standard InChI is InChI=1S/C17H23BF2O2/c1-6-13(10-12-8-7-9-14(19)11-12)15(20)18-21-16(2,3)17(4,5)22-18/h7-9,11H,6,10H2,1-5H3. The van der Waals surface area contributed by atoms with Crippen LogP contribution in [0, 0.1) is 5.82 Å². The zero-order chi connectivity index (χ0) is 16.5. The average Bonchev–Trinajstić information content (AvgIpc) is 2.64. The highest BCUT2D eigenvalue weighted by atomic mass is 19.1. The average molecular weight is 308 g/mol. The Balaban J connectivity index is 2.23. The summed E-state index contributed by atoms with van der Waals surface area (Å²) in [5.74, 6) is -0.316. The van der Waals surface area contributed by atoms with Crippen LogP contribution in [0.5, 0.6) is 0 Å². The molecule has 5 heteroatoms. The molecule has 2 rings (SSSR count). The van der Waals surface area contributed by atoms with Crippen molar-refractivity contribution in [1.82, 2.24) is 0 Å². The molecule has 1 saturated heterocycles. The topological polar surface area (TPSA) is 18.5 Å². The zero-order valence-electron chi connectivity index (χ0n) is 13.9. The first-order valence-electron chi connectivity index (χ1n) is 7.64. The Morgan fingerprint density at radius 1 is 1.14 bits per heavy atom. The lowest BCUT2D eigenvalue weighted by Gasteiger charge is -2.32. The summed E-state index contributed by atoms with van der Waals surface area (Å²) in [7, 11) is -0.992. The van der Waals surface area contributed by atoms with Crippen molar-refractivity contribution in [2.24, 2.45) is 0 Å². The molecule has 22 heavy (non-hydrogen) atoms. The zero-order valence-corrected chi connectivity index (χ0v) is 13.9. The lowest BCUT2D eigenvalue weighted by atomic mass is 9.82. The van der Waals surface area contributed by atoms with E-state index in [1.54, 1.807) is 12.1 Å². The molecule has 1 aromatic rings. The maximum absolute atomic E-state index is 14.8. The van der Waals surface area contributed by atoms with Crippen LogP contribution in [0.4, 0.5) is 8.78 Å². The minimum atomic E-state index is -0.992. The summed E-state index contributed by atoms with van der Waals surface area (Å²) in [5.41, 5.74) is -0.239. The summed E-state index contributed by atoms with van der Waals surface area (Å²) in [4.78, 5) is 0. The molecule has 1 aromatic carbocycles. The molecular formula is C17H23BF2O2. The van der Waals surface area contributed by atoms with Crippen molar-refractivity contribution in [3.8, 4) is 0 Å². The third kappa shape index (κ3) is 3.41. The molecule has 120 valence electrons. The van der Waals surface area contributed by atoms with E-state index in [-0.39, 0.29) is 5.82 Å². The van der Waals surface area contributed by atoms with E-state index in [9.17, 15) is 8.78 Å². The highest BCUT2D eigenvalue weighted by molar-refractivity contribution is 6.53. The Kier molecular flexibility index (Phi) is 4.78. The molecule has 2 nitrogen and oxygen atoms in total. The maximum Gasteiger partial charge on any atom is 0.525 e. The first-order chi connectivity index (χ1) is 10.2. The van der Waals surface area contributed by atoms with Gasteiger partial charge in [-0.15, -0.1) is 0 Å². The van der Waals surface area contributed by atoms with Crippen LogP contribution in [0.1, 0.15) is 46.6 Å². The summed E-state index contributed by atoms with van der Waals surface area (Å²) < 4.78 is 39.5. The number of halogens is 2. The van der Waals surface area contributed by atoms with Crippen molar-refractivity contribution in [3.05, 3.63) is 46.9 Å². The van der Waals surface area contributed by atoms with Gasteiger partial charge in [-0.3, -0.25) is 0 Å². The molecule has 0 aromatic heterocycles. The number of benzene rings is 1. The van der Waals surface area contributed by atoms with Crippen LogP contribution in [0.25, 0.3) is 0 Å². The fourth-order valence-electron chi connectivity index (χ4n) is 2.38. The molecule has 0 N–H and O–H groups in total. The van der Waals surface area contributed by atoms with Crippen LogP contribution in [0.3, 0.4) is 0 Å². The van der Waals surface area contributed by atoms with Gasteiger partial charge in [-0.05, 0) is 63.8 Å². The monoisotopic (exact) mass is 308 g/mol. The molecule has 0 unspecified atom stereocenters. The van der Waals surface area contributed by atoms with Crippen molar-refractivity contribution in [3.63, 3.8) is 0 Å². The van der Waals surface area contributed by atoms with E-state index in [0.29, 0.717) is 18.4 Å². The van der Waals surface area contributed by atoms with Crippen LogP contribution < -0.4 is 0 Å². The molecule has 0 atom stereocenters. The molecule has 0 amide bonds. The van der Waals surface area contributed by atoms with Crippen LogP contribution in [-0.4, -0.2) is 18.3 Å². The Morgan fingerprint density at radius 2 is 1.73 bits per heavy atom. The quantitative estimate of drug-likeness (QED) is 0.755. The number of hydrogen-bond donors (Lipinski definition) is 0. The largest absolute Gasteiger partial charge is 0.525 e. The van der Waals surface area contributed by atoms with Crippen molar-refractivity contribution in [2.45, 2.75) is 58.7 Å². The Morgan fingerprint density at radius 3 is 2.23 bits per heavy atom. The van der Waals surface area contributed by atoms with Gasteiger partial charge in [-0.2, -0.15) is 0 Å². The van der Waals surface area contributed by atoms with Gasteiger partial charge in [0.05, 0.1) is 11.2 Å². The van der Waals surface area contributed by atoms with Gasteiger partial charge in [-0.25, -0.2) is 8.78 Å².